The quantitative estimate of drug-likeness (QED) is 0.185. The molecule has 0 saturated heterocycles. The third-order valence-corrected chi connectivity index (χ3v) is 7.86. The molecule has 4 nitrogen and oxygen atoms in total. The maximum Gasteiger partial charge on any atom is 0.316 e. The van der Waals surface area contributed by atoms with Gasteiger partial charge in [-0.05, 0) is 85.2 Å². The second-order valence-electron chi connectivity index (χ2n) is 8.59. The Morgan fingerprint density at radius 2 is 1.75 bits per heavy atom. The molecule has 0 spiro atoms. The first-order chi connectivity index (χ1) is 15.6. The van der Waals surface area contributed by atoms with Crippen molar-refractivity contribution in [1.82, 2.24) is 5.32 Å². The lowest BCUT2D eigenvalue weighted by molar-refractivity contribution is 0.276. The van der Waals surface area contributed by atoms with Crippen LogP contribution in [0.5, 0.6) is 0 Å². The van der Waals surface area contributed by atoms with E-state index in [1.54, 1.807) is 12.1 Å². The van der Waals surface area contributed by atoms with E-state index in [9.17, 15) is 8.96 Å². The number of hydrogen-bond acceptors (Lipinski definition) is 4. The molecule has 32 heavy (non-hydrogen) atoms. The van der Waals surface area contributed by atoms with Crippen LogP contribution in [0, 0.1) is 5.82 Å². The average molecular weight is 480 g/mol. The van der Waals surface area contributed by atoms with Gasteiger partial charge in [-0.1, -0.05) is 43.5 Å². The number of rotatable bonds is 14. The van der Waals surface area contributed by atoms with Gasteiger partial charge in [0.05, 0.1) is 6.61 Å². The molecular weight excluding hydrogens is 444 g/mol. The minimum absolute atomic E-state index is 0.146. The van der Waals surface area contributed by atoms with Gasteiger partial charge < -0.3 is 14.7 Å². The summed E-state index contributed by atoms with van der Waals surface area (Å²) in [5.74, 6) is 0.970. The zero-order valence-corrected chi connectivity index (χ0v) is 20.5. The van der Waals surface area contributed by atoms with Crippen LogP contribution >= 0.6 is 20.0 Å². The first-order valence-corrected chi connectivity index (χ1v) is 13.9. The summed E-state index contributed by atoms with van der Waals surface area (Å²) in [5, 5.41) is 3.32. The van der Waals surface area contributed by atoms with E-state index >= 15 is 0 Å². The normalized spacial score (nSPS) is 16.3. The molecule has 1 saturated carbocycles. The van der Waals surface area contributed by atoms with Crippen LogP contribution < -0.4 is 5.32 Å². The monoisotopic (exact) mass is 479 g/mol. The molecule has 0 amide bonds. The van der Waals surface area contributed by atoms with E-state index in [1.165, 1.54) is 61.0 Å². The van der Waals surface area contributed by atoms with Gasteiger partial charge in [-0.3, -0.25) is 4.57 Å². The third-order valence-electron chi connectivity index (χ3n) is 6.31. The fourth-order valence-electron chi connectivity index (χ4n) is 4.59. The van der Waals surface area contributed by atoms with Crippen molar-refractivity contribution in [2.75, 3.05) is 18.9 Å². The molecule has 1 aliphatic carbocycles. The molecule has 0 bridgehead atoms. The van der Waals surface area contributed by atoms with Gasteiger partial charge in [-0.15, -0.1) is 11.8 Å². The van der Waals surface area contributed by atoms with Gasteiger partial charge in [0.1, 0.15) is 5.82 Å². The Bertz CT molecular complexity index is 826. The number of nitrogens with one attached hydrogen (secondary N) is 1. The molecule has 3 rings (SSSR count). The summed E-state index contributed by atoms with van der Waals surface area (Å²) < 4.78 is 28.5. The highest BCUT2D eigenvalue weighted by Gasteiger charge is 2.34. The van der Waals surface area contributed by atoms with E-state index in [0.29, 0.717) is 13.0 Å². The fraction of sp³-hybridized carbons (Fsp3) is 0.520. The van der Waals surface area contributed by atoms with Gasteiger partial charge >= 0.3 is 8.25 Å². The predicted molar refractivity (Wildman–Crippen MR) is 131 cm³/mol. The number of thioether (sulfide) groups is 1. The second-order valence-corrected chi connectivity index (χ2v) is 10.6. The van der Waals surface area contributed by atoms with Crippen LogP contribution in [0.4, 0.5) is 4.39 Å². The highest BCUT2D eigenvalue weighted by atomic mass is 32.2. The van der Waals surface area contributed by atoms with Crippen LogP contribution in [0.25, 0.3) is 0 Å². The number of hydrogen-bond donors (Lipinski definition) is 2. The molecule has 0 radical (unpaired) electrons. The van der Waals surface area contributed by atoms with Crippen LogP contribution in [-0.2, 0) is 21.0 Å². The molecular formula is C25H35FNO3PS. The Hall–Kier alpha value is -1.17. The molecule has 2 aromatic carbocycles. The molecule has 7 heteroatoms. The molecule has 2 N–H and O–H groups in total. The Kier molecular flexibility index (Phi) is 10.8. The molecule has 2 aromatic rings. The summed E-state index contributed by atoms with van der Waals surface area (Å²) in [5.41, 5.74) is 2.81. The van der Waals surface area contributed by atoms with Crippen LogP contribution in [0.15, 0.2) is 53.4 Å². The standard InChI is InChI=1S/C25H35FNO3PS/c26-23-10-8-22(9-11-23)25(14-1-2-15-25)16-3-4-19-32-24-12-6-21(7-13-24)20-27-17-5-18-30-31(28)29/h6-13,27,31H,1-5,14-20H2,(H,28,29). The first kappa shape index (κ1) is 25.5. The summed E-state index contributed by atoms with van der Waals surface area (Å²) in [6, 6.07) is 15.9. The second kappa shape index (κ2) is 13.5. The van der Waals surface area contributed by atoms with Crippen LogP contribution in [-0.4, -0.2) is 23.8 Å². The summed E-state index contributed by atoms with van der Waals surface area (Å²) in [6.45, 7) is 1.84. The lowest BCUT2D eigenvalue weighted by Gasteiger charge is -2.30. The van der Waals surface area contributed by atoms with Crippen molar-refractivity contribution in [1.29, 1.82) is 0 Å². The molecule has 0 aromatic heterocycles. The maximum atomic E-state index is 13.3. The van der Waals surface area contributed by atoms with Crippen LogP contribution in [0.1, 0.15) is 62.5 Å². The topological polar surface area (TPSA) is 58.6 Å². The molecule has 0 heterocycles. The highest BCUT2D eigenvalue weighted by molar-refractivity contribution is 7.99. The zero-order valence-electron chi connectivity index (χ0n) is 18.7. The maximum absolute atomic E-state index is 13.3. The van der Waals surface area contributed by atoms with E-state index in [0.717, 1.165) is 18.8 Å². The SMILES string of the molecule is O=[PH](O)OCCCNCc1ccc(SCCCCC2(c3ccc(F)cc3)CCCC2)cc1. The molecule has 1 atom stereocenters. The Morgan fingerprint density at radius 1 is 1.03 bits per heavy atom. The Balaban J connectivity index is 1.33. The van der Waals surface area contributed by atoms with Gasteiger partial charge in [0.25, 0.3) is 0 Å². The average Bonchev–Trinajstić information content (AvgIpc) is 3.27. The Morgan fingerprint density at radius 3 is 2.44 bits per heavy atom. The van der Waals surface area contributed by atoms with Crippen molar-refractivity contribution in [3.63, 3.8) is 0 Å². The van der Waals surface area contributed by atoms with Crippen LogP contribution in [0.2, 0.25) is 0 Å². The van der Waals surface area contributed by atoms with Crippen molar-refractivity contribution >= 4 is 20.0 Å². The molecule has 176 valence electrons. The van der Waals surface area contributed by atoms with Gasteiger partial charge in [0, 0.05) is 11.4 Å². The van der Waals surface area contributed by atoms with E-state index in [2.05, 4.69) is 34.1 Å². The van der Waals surface area contributed by atoms with Crippen LogP contribution in [0.3, 0.4) is 0 Å². The Labute approximate surface area is 196 Å². The minimum atomic E-state index is -2.80. The van der Waals surface area contributed by atoms with Gasteiger partial charge in [-0.2, -0.15) is 0 Å². The zero-order chi connectivity index (χ0) is 22.7. The number of halogens is 1. The lowest BCUT2D eigenvalue weighted by atomic mass is 9.75. The van der Waals surface area contributed by atoms with E-state index in [1.807, 2.05) is 23.9 Å². The highest BCUT2D eigenvalue weighted by Crippen LogP contribution is 2.45. The van der Waals surface area contributed by atoms with E-state index in [-0.39, 0.29) is 11.2 Å². The largest absolute Gasteiger partial charge is 0.326 e. The number of benzene rings is 2. The molecule has 1 fully saturated rings. The van der Waals surface area contributed by atoms with Crippen molar-refractivity contribution in [3.05, 3.63) is 65.5 Å². The minimum Gasteiger partial charge on any atom is -0.326 e. The summed E-state index contributed by atoms with van der Waals surface area (Å²) in [6.07, 6.45) is 9.35. The first-order valence-electron chi connectivity index (χ1n) is 11.6. The lowest BCUT2D eigenvalue weighted by Crippen LogP contribution is -2.22. The fourth-order valence-corrected chi connectivity index (χ4v) is 5.82. The van der Waals surface area contributed by atoms with Crippen molar-refractivity contribution in [2.45, 2.75) is 68.2 Å². The van der Waals surface area contributed by atoms with Crippen molar-refractivity contribution in [3.8, 4) is 0 Å². The molecule has 0 aliphatic heterocycles. The van der Waals surface area contributed by atoms with Crippen molar-refractivity contribution < 1.29 is 18.4 Å². The smallest absolute Gasteiger partial charge is 0.316 e. The van der Waals surface area contributed by atoms with E-state index < -0.39 is 8.25 Å². The van der Waals surface area contributed by atoms with Gasteiger partial charge in [0.2, 0.25) is 0 Å². The van der Waals surface area contributed by atoms with E-state index in [4.69, 9.17) is 4.89 Å². The third kappa shape index (κ3) is 8.31. The molecule has 1 unspecified atom stereocenters. The summed E-state index contributed by atoms with van der Waals surface area (Å²) in [7, 11) is -2.80. The predicted octanol–water partition coefficient (Wildman–Crippen LogP) is 6.48. The molecule has 1 aliphatic rings. The number of unbranched alkanes of at least 4 members (excludes halogenated alkanes) is 1. The van der Waals surface area contributed by atoms with Crippen molar-refractivity contribution in [2.24, 2.45) is 0 Å². The summed E-state index contributed by atoms with van der Waals surface area (Å²) in [4.78, 5) is 9.91. The summed E-state index contributed by atoms with van der Waals surface area (Å²) >= 11 is 1.91. The van der Waals surface area contributed by atoms with Gasteiger partial charge in [-0.25, -0.2) is 4.39 Å². The van der Waals surface area contributed by atoms with Gasteiger partial charge in [0.15, 0.2) is 0 Å².